The largest absolute Gasteiger partial charge is 0.515 e. The number of unbranched alkanes of at least 4 members (excludes halogenated alkanes) is 1. The lowest BCUT2D eigenvalue weighted by Gasteiger charge is -2.38. The number of rotatable bonds is 9. The number of carbonyl (C=O) groups is 1. The highest BCUT2D eigenvalue weighted by atomic mass is 16.7. The Kier molecular flexibility index (Phi) is 7.98. The second-order valence-corrected chi connectivity index (χ2v) is 8.18. The third kappa shape index (κ3) is 6.02. The number of carbonyl (C=O) groups excluding carboxylic acids is 1. The molecular formula is C24H34N2O5. The highest BCUT2D eigenvalue weighted by Crippen LogP contribution is 2.34. The van der Waals surface area contributed by atoms with E-state index in [-0.39, 0.29) is 5.88 Å². The Labute approximate surface area is 184 Å². The van der Waals surface area contributed by atoms with Gasteiger partial charge in [-0.2, -0.15) is 0 Å². The molecule has 0 saturated carbocycles. The Morgan fingerprint density at radius 1 is 1.16 bits per heavy atom. The molecule has 0 atom stereocenters. The summed E-state index contributed by atoms with van der Waals surface area (Å²) in [5, 5.41) is 11.0. The molecule has 7 nitrogen and oxygen atoms in total. The number of hydrogen-bond donors (Lipinski definition) is 2. The van der Waals surface area contributed by atoms with Crippen LogP contribution in [-0.2, 0) is 10.3 Å². The number of likely N-dealkylation sites (tertiary alicyclic amines) is 1. The summed E-state index contributed by atoms with van der Waals surface area (Å²) < 4.78 is 16.4. The van der Waals surface area contributed by atoms with Crippen LogP contribution in [-0.4, -0.2) is 54.0 Å². The van der Waals surface area contributed by atoms with Crippen LogP contribution in [0, 0.1) is 13.8 Å². The second-order valence-electron chi connectivity index (χ2n) is 8.18. The number of aromatic nitrogens is 1. The lowest BCUT2D eigenvalue weighted by Crippen LogP contribution is -2.43. The first-order valence-electron chi connectivity index (χ1n) is 11.1. The maximum absolute atomic E-state index is 11.9. The fourth-order valence-corrected chi connectivity index (χ4v) is 3.78. The summed E-state index contributed by atoms with van der Waals surface area (Å²) in [5.74, 6) is 0.830. The van der Waals surface area contributed by atoms with Crippen LogP contribution in [0.3, 0.4) is 0 Å². The highest BCUT2D eigenvalue weighted by Gasteiger charge is 2.33. The van der Waals surface area contributed by atoms with Crippen molar-refractivity contribution in [2.24, 2.45) is 0 Å². The van der Waals surface area contributed by atoms with Gasteiger partial charge in [0.2, 0.25) is 5.88 Å². The molecule has 7 heteroatoms. The minimum Gasteiger partial charge on any atom is -0.486 e. The summed E-state index contributed by atoms with van der Waals surface area (Å²) in [6.07, 6.45) is 2.41. The molecule has 2 heterocycles. The molecule has 2 aromatic rings. The van der Waals surface area contributed by atoms with Gasteiger partial charge in [0.1, 0.15) is 6.61 Å². The van der Waals surface area contributed by atoms with Crippen molar-refractivity contribution in [3.63, 3.8) is 0 Å². The number of benzene rings is 1. The Hall–Kier alpha value is -2.51. The van der Waals surface area contributed by atoms with E-state index in [1.165, 1.54) is 0 Å². The molecule has 170 valence electrons. The van der Waals surface area contributed by atoms with E-state index in [4.69, 9.17) is 14.2 Å². The molecule has 31 heavy (non-hydrogen) atoms. The molecule has 0 radical (unpaired) electrons. The normalized spacial score (nSPS) is 16.1. The van der Waals surface area contributed by atoms with Gasteiger partial charge < -0.3 is 24.3 Å². The summed E-state index contributed by atoms with van der Waals surface area (Å²) in [6, 6.07) is 9.88. The minimum atomic E-state index is -0.758. The van der Waals surface area contributed by atoms with Gasteiger partial charge in [-0.1, -0.05) is 43.7 Å². The van der Waals surface area contributed by atoms with Crippen LogP contribution in [0.4, 0.5) is 4.79 Å². The maximum atomic E-state index is 11.9. The zero-order valence-electron chi connectivity index (χ0n) is 18.8. The van der Waals surface area contributed by atoms with Crippen molar-refractivity contribution >= 4 is 6.16 Å². The van der Waals surface area contributed by atoms with Crippen molar-refractivity contribution in [2.45, 2.75) is 52.1 Å². The topological polar surface area (TPSA) is 84.0 Å². The Bertz CT molecular complexity index is 841. The van der Waals surface area contributed by atoms with Gasteiger partial charge in [-0.15, -0.1) is 0 Å². The van der Waals surface area contributed by atoms with Crippen LogP contribution < -0.4 is 9.47 Å². The Balaban J connectivity index is 1.49. The van der Waals surface area contributed by atoms with Crippen molar-refractivity contribution in [1.82, 2.24) is 9.88 Å². The Morgan fingerprint density at radius 3 is 2.55 bits per heavy atom. The number of H-pyrrole nitrogens is 1. The number of nitrogens with zero attached hydrogens (tertiary/aromatic N) is 1. The van der Waals surface area contributed by atoms with Crippen LogP contribution in [0.15, 0.2) is 30.3 Å². The molecular weight excluding hydrogens is 396 g/mol. The average molecular weight is 431 g/mol. The number of aryl methyl sites for hydroxylation is 1. The first-order valence-corrected chi connectivity index (χ1v) is 11.1. The van der Waals surface area contributed by atoms with Gasteiger partial charge in [-0.05, 0) is 38.7 Å². The number of piperidine rings is 1. The molecule has 1 fully saturated rings. The monoisotopic (exact) mass is 430 g/mol. The summed E-state index contributed by atoms with van der Waals surface area (Å²) in [7, 11) is 0. The molecule has 1 aliphatic rings. The van der Waals surface area contributed by atoms with Crippen molar-refractivity contribution in [3.8, 4) is 11.6 Å². The van der Waals surface area contributed by atoms with E-state index < -0.39 is 11.8 Å². The summed E-state index contributed by atoms with van der Waals surface area (Å²) in [4.78, 5) is 17.2. The minimum absolute atomic E-state index is 0.286. The van der Waals surface area contributed by atoms with Crippen molar-refractivity contribution < 1.29 is 24.1 Å². The SMILES string of the molecule is CCCCOC(=O)Oc1[nH]c(C)c(C)c1OCCN1CCC(O)(c2ccccc2)CC1. The second kappa shape index (κ2) is 10.7. The fourth-order valence-electron chi connectivity index (χ4n) is 3.78. The molecule has 0 aliphatic carbocycles. The smallest absolute Gasteiger partial charge is 0.486 e. The maximum Gasteiger partial charge on any atom is 0.515 e. The van der Waals surface area contributed by atoms with E-state index in [0.717, 1.165) is 49.3 Å². The van der Waals surface area contributed by atoms with E-state index in [0.29, 0.717) is 31.8 Å². The molecule has 0 unspecified atom stereocenters. The third-order valence-corrected chi connectivity index (χ3v) is 5.96. The van der Waals surface area contributed by atoms with E-state index >= 15 is 0 Å². The first-order chi connectivity index (χ1) is 14.9. The predicted molar refractivity (Wildman–Crippen MR) is 119 cm³/mol. The molecule has 3 rings (SSSR count). The number of aromatic amines is 1. The van der Waals surface area contributed by atoms with E-state index in [1.54, 1.807) is 0 Å². The van der Waals surface area contributed by atoms with Gasteiger partial charge in [0.25, 0.3) is 0 Å². The number of aliphatic hydroxyl groups is 1. The predicted octanol–water partition coefficient (Wildman–Crippen LogP) is 4.31. The first kappa shape index (κ1) is 23.2. The zero-order chi connectivity index (χ0) is 22.3. The molecule has 1 aliphatic heterocycles. The van der Waals surface area contributed by atoms with E-state index in [2.05, 4.69) is 9.88 Å². The van der Waals surface area contributed by atoms with E-state index in [9.17, 15) is 9.90 Å². The molecule has 1 saturated heterocycles. The summed E-state index contributed by atoms with van der Waals surface area (Å²) in [5.41, 5.74) is 2.02. The molecule has 1 aromatic heterocycles. The third-order valence-electron chi connectivity index (χ3n) is 5.96. The van der Waals surface area contributed by atoms with Gasteiger partial charge in [0.15, 0.2) is 5.75 Å². The van der Waals surface area contributed by atoms with Crippen molar-refractivity contribution in [3.05, 3.63) is 47.2 Å². The van der Waals surface area contributed by atoms with E-state index in [1.807, 2.05) is 51.1 Å². The fraction of sp³-hybridized carbons (Fsp3) is 0.542. The summed E-state index contributed by atoms with van der Waals surface area (Å²) >= 11 is 0. The molecule has 0 bridgehead atoms. The molecule has 0 spiro atoms. The van der Waals surface area contributed by atoms with Crippen molar-refractivity contribution in [1.29, 1.82) is 0 Å². The van der Waals surface area contributed by atoms with Gasteiger partial charge in [0.05, 0.1) is 12.2 Å². The lowest BCUT2D eigenvalue weighted by atomic mass is 9.84. The van der Waals surface area contributed by atoms with Gasteiger partial charge >= 0.3 is 6.16 Å². The lowest BCUT2D eigenvalue weighted by molar-refractivity contribution is -0.0278. The molecule has 1 aromatic carbocycles. The van der Waals surface area contributed by atoms with Gasteiger partial charge in [-0.25, -0.2) is 4.79 Å². The van der Waals surface area contributed by atoms with Crippen LogP contribution in [0.25, 0.3) is 0 Å². The van der Waals surface area contributed by atoms with Crippen LogP contribution in [0.5, 0.6) is 11.6 Å². The van der Waals surface area contributed by atoms with Crippen LogP contribution in [0.1, 0.15) is 49.4 Å². The quantitative estimate of drug-likeness (QED) is 0.456. The zero-order valence-corrected chi connectivity index (χ0v) is 18.8. The average Bonchev–Trinajstić information content (AvgIpc) is 3.03. The van der Waals surface area contributed by atoms with Crippen molar-refractivity contribution in [2.75, 3.05) is 32.8 Å². The standard InChI is InChI=1S/C24H34N2O5/c1-4-5-16-30-23(27)31-22-21(18(2)19(3)25-22)29-17-15-26-13-11-24(28,12-14-26)20-9-7-6-8-10-20/h6-10,25,28H,4-5,11-17H2,1-3H3. The van der Waals surface area contributed by atoms with Crippen LogP contribution in [0.2, 0.25) is 0 Å². The van der Waals surface area contributed by atoms with Gasteiger partial charge in [0, 0.05) is 30.9 Å². The number of nitrogens with one attached hydrogen (secondary N) is 1. The number of hydrogen-bond acceptors (Lipinski definition) is 6. The summed E-state index contributed by atoms with van der Waals surface area (Å²) in [6.45, 7) is 9.00. The van der Waals surface area contributed by atoms with Gasteiger partial charge in [-0.3, -0.25) is 4.90 Å². The Morgan fingerprint density at radius 2 is 1.87 bits per heavy atom. The highest BCUT2D eigenvalue weighted by molar-refractivity contribution is 5.65. The molecule has 0 amide bonds. The number of ether oxygens (including phenoxy) is 3. The van der Waals surface area contributed by atoms with Crippen LogP contribution >= 0.6 is 0 Å². The molecule has 2 N–H and O–H groups in total.